The van der Waals surface area contributed by atoms with E-state index in [1.807, 2.05) is 18.5 Å². The van der Waals surface area contributed by atoms with E-state index in [-0.39, 0.29) is 0 Å². The molecule has 0 spiro atoms. The third-order valence-corrected chi connectivity index (χ3v) is 4.04. The number of aromatic nitrogens is 2. The molecule has 4 nitrogen and oxygen atoms in total. The van der Waals surface area contributed by atoms with Gasteiger partial charge in [-0.15, -0.1) is 0 Å². The summed E-state index contributed by atoms with van der Waals surface area (Å²) >= 11 is 0. The number of rotatable bonds is 4. The van der Waals surface area contributed by atoms with Crippen molar-refractivity contribution in [2.45, 2.75) is 32.4 Å². The first kappa shape index (κ1) is 13.2. The van der Waals surface area contributed by atoms with Crippen LogP contribution in [0.1, 0.15) is 29.9 Å². The highest BCUT2D eigenvalue weighted by atomic mass is 16.5. The number of fused-ring (bicyclic) bond motifs is 1. The summed E-state index contributed by atoms with van der Waals surface area (Å²) in [6, 6.07) is 6.72. The molecule has 1 aliphatic heterocycles. The van der Waals surface area contributed by atoms with Crippen LogP contribution in [0.15, 0.2) is 30.6 Å². The van der Waals surface area contributed by atoms with Gasteiger partial charge >= 0.3 is 0 Å². The summed E-state index contributed by atoms with van der Waals surface area (Å²) in [7, 11) is 1.72. The summed E-state index contributed by atoms with van der Waals surface area (Å²) in [5, 5.41) is 3.61. The van der Waals surface area contributed by atoms with Gasteiger partial charge < -0.3 is 14.6 Å². The maximum absolute atomic E-state index is 5.36. The van der Waals surface area contributed by atoms with Crippen molar-refractivity contribution >= 4 is 0 Å². The van der Waals surface area contributed by atoms with Gasteiger partial charge in [-0.05, 0) is 43.1 Å². The molecule has 106 valence electrons. The van der Waals surface area contributed by atoms with E-state index in [0.717, 1.165) is 37.5 Å². The van der Waals surface area contributed by atoms with Crippen LogP contribution in [0.2, 0.25) is 0 Å². The summed E-state index contributed by atoms with van der Waals surface area (Å²) in [6.45, 7) is 4.14. The molecule has 1 aromatic heterocycles. The molecule has 1 aliphatic rings. The Balaban J connectivity index is 1.89. The van der Waals surface area contributed by atoms with E-state index in [2.05, 4.69) is 33.9 Å². The standard InChI is InChI=1S/C16H21N3O/c1-3-19-9-8-18-16(19)11-15-14-10-13(20-2)5-4-12(14)6-7-17-15/h4-5,8-10,15,17H,3,6-7,11H2,1-2H3. The van der Waals surface area contributed by atoms with Gasteiger partial charge in [0.05, 0.1) is 7.11 Å². The molecule has 4 heteroatoms. The smallest absolute Gasteiger partial charge is 0.119 e. The van der Waals surface area contributed by atoms with Gasteiger partial charge in [0, 0.05) is 31.4 Å². The Morgan fingerprint density at radius 3 is 3.15 bits per heavy atom. The van der Waals surface area contributed by atoms with Crippen molar-refractivity contribution in [3.05, 3.63) is 47.5 Å². The molecule has 3 rings (SSSR count). The Morgan fingerprint density at radius 2 is 2.35 bits per heavy atom. The van der Waals surface area contributed by atoms with Crippen LogP contribution in [0, 0.1) is 0 Å². The first-order chi connectivity index (χ1) is 9.81. The predicted molar refractivity (Wildman–Crippen MR) is 79.0 cm³/mol. The number of nitrogens with zero attached hydrogens (tertiary/aromatic N) is 2. The highest BCUT2D eigenvalue weighted by Gasteiger charge is 2.22. The third kappa shape index (κ3) is 2.43. The molecule has 1 atom stereocenters. The van der Waals surface area contributed by atoms with E-state index in [4.69, 9.17) is 4.74 Å². The molecule has 1 unspecified atom stereocenters. The number of aryl methyl sites for hydroxylation is 1. The first-order valence-electron chi connectivity index (χ1n) is 7.22. The summed E-state index contributed by atoms with van der Waals surface area (Å²) in [4.78, 5) is 4.49. The molecule has 0 fully saturated rings. The lowest BCUT2D eigenvalue weighted by atomic mass is 9.92. The minimum atomic E-state index is 0.321. The SMILES string of the molecule is CCn1ccnc1CC1NCCc2ccc(OC)cc21. The van der Waals surface area contributed by atoms with E-state index in [1.54, 1.807) is 7.11 Å². The molecule has 1 aromatic carbocycles. The van der Waals surface area contributed by atoms with Gasteiger partial charge in [-0.3, -0.25) is 0 Å². The van der Waals surface area contributed by atoms with Gasteiger partial charge in [-0.2, -0.15) is 0 Å². The molecule has 0 saturated heterocycles. The largest absolute Gasteiger partial charge is 0.497 e. The van der Waals surface area contributed by atoms with Gasteiger partial charge in [0.2, 0.25) is 0 Å². The second kappa shape index (κ2) is 5.67. The average Bonchev–Trinajstić information content (AvgIpc) is 2.94. The van der Waals surface area contributed by atoms with Gasteiger partial charge in [0.25, 0.3) is 0 Å². The maximum atomic E-state index is 5.36. The monoisotopic (exact) mass is 271 g/mol. The fraction of sp³-hybridized carbons (Fsp3) is 0.438. The topological polar surface area (TPSA) is 39.1 Å². The zero-order valence-electron chi connectivity index (χ0n) is 12.1. The number of hydrogen-bond donors (Lipinski definition) is 1. The van der Waals surface area contributed by atoms with Crippen LogP contribution in [-0.2, 0) is 19.4 Å². The van der Waals surface area contributed by atoms with Crippen LogP contribution < -0.4 is 10.1 Å². The van der Waals surface area contributed by atoms with E-state index in [0.29, 0.717) is 6.04 Å². The zero-order valence-corrected chi connectivity index (χ0v) is 12.1. The fourth-order valence-electron chi connectivity index (χ4n) is 2.93. The fourth-order valence-corrected chi connectivity index (χ4v) is 2.93. The molecule has 1 N–H and O–H groups in total. The van der Waals surface area contributed by atoms with Crippen LogP contribution in [-0.4, -0.2) is 23.2 Å². The van der Waals surface area contributed by atoms with Gasteiger partial charge in [-0.25, -0.2) is 4.98 Å². The van der Waals surface area contributed by atoms with Crippen molar-refractivity contribution in [1.82, 2.24) is 14.9 Å². The van der Waals surface area contributed by atoms with E-state index >= 15 is 0 Å². The maximum Gasteiger partial charge on any atom is 0.119 e. The van der Waals surface area contributed by atoms with Gasteiger partial charge in [0.15, 0.2) is 0 Å². The van der Waals surface area contributed by atoms with Crippen molar-refractivity contribution in [2.24, 2.45) is 0 Å². The number of benzene rings is 1. The van der Waals surface area contributed by atoms with E-state index < -0.39 is 0 Å². The number of hydrogen-bond acceptors (Lipinski definition) is 3. The van der Waals surface area contributed by atoms with Crippen molar-refractivity contribution < 1.29 is 4.74 Å². The summed E-state index contributed by atoms with van der Waals surface area (Å²) in [5.74, 6) is 2.07. The molecule has 0 saturated carbocycles. The average molecular weight is 271 g/mol. The third-order valence-electron chi connectivity index (χ3n) is 4.04. The molecule has 0 amide bonds. The number of ether oxygens (including phenoxy) is 1. The number of imidazole rings is 1. The minimum Gasteiger partial charge on any atom is -0.497 e. The highest BCUT2D eigenvalue weighted by molar-refractivity contribution is 5.39. The Morgan fingerprint density at radius 1 is 1.45 bits per heavy atom. The van der Waals surface area contributed by atoms with E-state index in [9.17, 15) is 0 Å². The Bertz CT molecular complexity index is 591. The lowest BCUT2D eigenvalue weighted by Crippen LogP contribution is -2.31. The highest BCUT2D eigenvalue weighted by Crippen LogP contribution is 2.29. The predicted octanol–water partition coefficient (Wildman–Crippen LogP) is 2.34. The lowest BCUT2D eigenvalue weighted by molar-refractivity contribution is 0.410. The van der Waals surface area contributed by atoms with E-state index in [1.165, 1.54) is 11.1 Å². The van der Waals surface area contributed by atoms with Crippen LogP contribution in [0.3, 0.4) is 0 Å². The molecular formula is C16H21N3O. The quantitative estimate of drug-likeness (QED) is 0.927. The van der Waals surface area contributed by atoms with Crippen molar-refractivity contribution in [3.63, 3.8) is 0 Å². The summed E-state index contributed by atoms with van der Waals surface area (Å²) in [5.41, 5.74) is 2.77. The van der Waals surface area contributed by atoms with Gasteiger partial charge in [0.1, 0.15) is 11.6 Å². The van der Waals surface area contributed by atoms with Crippen LogP contribution in [0.25, 0.3) is 0 Å². The molecule has 2 heterocycles. The Kier molecular flexibility index (Phi) is 3.74. The lowest BCUT2D eigenvalue weighted by Gasteiger charge is -2.27. The van der Waals surface area contributed by atoms with Crippen molar-refractivity contribution in [1.29, 1.82) is 0 Å². The normalized spacial score (nSPS) is 17.8. The number of nitrogens with one attached hydrogen (secondary N) is 1. The molecule has 2 aromatic rings. The molecular weight excluding hydrogens is 250 g/mol. The number of methoxy groups -OCH3 is 1. The van der Waals surface area contributed by atoms with Crippen LogP contribution >= 0.6 is 0 Å². The minimum absolute atomic E-state index is 0.321. The Hall–Kier alpha value is -1.81. The van der Waals surface area contributed by atoms with Gasteiger partial charge in [-0.1, -0.05) is 6.07 Å². The molecule has 0 bridgehead atoms. The van der Waals surface area contributed by atoms with Crippen molar-refractivity contribution in [2.75, 3.05) is 13.7 Å². The summed E-state index contributed by atoms with van der Waals surface area (Å²) < 4.78 is 7.56. The summed E-state index contributed by atoms with van der Waals surface area (Å²) in [6.07, 6.45) is 5.93. The van der Waals surface area contributed by atoms with Crippen molar-refractivity contribution in [3.8, 4) is 5.75 Å². The second-order valence-corrected chi connectivity index (χ2v) is 5.16. The Labute approximate surface area is 119 Å². The second-order valence-electron chi connectivity index (χ2n) is 5.16. The zero-order chi connectivity index (χ0) is 13.9. The molecule has 0 radical (unpaired) electrons. The van der Waals surface area contributed by atoms with Crippen LogP contribution in [0.5, 0.6) is 5.75 Å². The van der Waals surface area contributed by atoms with Crippen LogP contribution in [0.4, 0.5) is 0 Å². The molecule has 0 aliphatic carbocycles. The first-order valence-corrected chi connectivity index (χ1v) is 7.22. The molecule has 20 heavy (non-hydrogen) atoms.